The van der Waals surface area contributed by atoms with E-state index in [1.165, 1.54) is 31.2 Å². The van der Waals surface area contributed by atoms with Crippen molar-refractivity contribution in [2.24, 2.45) is 0 Å². The molecule has 0 spiro atoms. The van der Waals surface area contributed by atoms with Gasteiger partial charge in [0.25, 0.3) is 5.69 Å². The minimum Gasteiger partial charge on any atom is -0.461 e. The maximum Gasteiger partial charge on any atom is 0.360 e. The standard InChI is InChI=1S/C15H18N4O7/c1-3-26-15(23)11-12(14(22)13(21)8(2)20)18(17-16-11)9-4-6-10(7-5-9)19(24)25/h4-8,13-14,20-22H,3H2,1-2H3/t8-,13-,14-/m0/s1. The fourth-order valence-corrected chi connectivity index (χ4v) is 2.23. The van der Waals surface area contributed by atoms with Gasteiger partial charge in [-0.05, 0) is 26.0 Å². The summed E-state index contributed by atoms with van der Waals surface area (Å²) < 4.78 is 5.91. The lowest BCUT2D eigenvalue weighted by molar-refractivity contribution is -0.384. The van der Waals surface area contributed by atoms with Crippen molar-refractivity contribution in [1.29, 1.82) is 0 Å². The number of benzene rings is 1. The molecule has 140 valence electrons. The first-order chi connectivity index (χ1) is 12.3. The first-order valence-electron chi connectivity index (χ1n) is 7.69. The van der Waals surface area contributed by atoms with E-state index < -0.39 is 29.2 Å². The lowest BCUT2D eigenvalue weighted by Crippen LogP contribution is -2.32. The van der Waals surface area contributed by atoms with Crippen molar-refractivity contribution in [1.82, 2.24) is 15.0 Å². The van der Waals surface area contributed by atoms with Crippen LogP contribution in [0.1, 0.15) is 36.1 Å². The van der Waals surface area contributed by atoms with Gasteiger partial charge in [0.15, 0.2) is 5.69 Å². The van der Waals surface area contributed by atoms with Gasteiger partial charge in [-0.25, -0.2) is 9.48 Å². The summed E-state index contributed by atoms with van der Waals surface area (Å²) in [5.74, 6) is -0.868. The Kier molecular flexibility index (Phi) is 5.97. The van der Waals surface area contributed by atoms with E-state index >= 15 is 0 Å². The van der Waals surface area contributed by atoms with Gasteiger partial charge in [0, 0.05) is 12.1 Å². The van der Waals surface area contributed by atoms with E-state index in [9.17, 15) is 30.2 Å². The number of carbonyl (C=O) groups is 1. The summed E-state index contributed by atoms with van der Waals surface area (Å²) in [6.45, 7) is 2.90. The smallest absolute Gasteiger partial charge is 0.360 e. The number of ether oxygens (including phenoxy) is 1. The van der Waals surface area contributed by atoms with Crippen LogP contribution in [0.3, 0.4) is 0 Å². The van der Waals surface area contributed by atoms with Crippen LogP contribution in [-0.2, 0) is 4.74 Å². The van der Waals surface area contributed by atoms with Gasteiger partial charge < -0.3 is 20.1 Å². The molecule has 0 radical (unpaired) electrons. The average Bonchev–Trinajstić information content (AvgIpc) is 3.05. The number of rotatable bonds is 7. The normalized spacial score (nSPS) is 14.5. The summed E-state index contributed by atoms with van der Waals surface area (Å²) in [6.07, 6.45) is -4.64. The number of non-ortho nitro benzene ring substituents is 1. The molecule has 0 fully saturated rings. The molecule has 3 N–H and O–H groups in total. The Morgan fingerprint density at radius 2 is 1.92 bits per heavy atom. The second-order valence-corrected chi connectivity index (χ2v) is 5.41. The van der Waals surface area contributed by atoms with Crippen LogP contribution >= 0.6 is 0 Å². The zero-order valence-corrected chi connectivity index (χ0v) is 14.0. The van der Waals surface area contributed by atoms with Crippen LogP contribution in [0.2, 0.25) is 0 Å². The van der Waals surface area contributed by atoms with Gasteiger partial charge in [-0.1, -0.05) is 5.21 Å². The molecule has 0 aliphatic heterocycles. The lowest BCUT2D eigenvalue weighted by atomic mass is 10.0. The lowest BCUT2D eigenvalue weighted by Gasteiger charge is -2.21. The third kappa shape index (κ3) is 3.85. The van der Waals surface area contributed by atoms with E-state index in [0.29, 0.717) is 0 Å². The average molecular weight is 366 g/mol. The minimum absolute atomic E-state index is 0.0533. The second kappa shape index (κ2) is 7.99. The number of aliphatic hydroxyl groups is 3. The van der Waals surface area contributed by atoms with Crippen molar-refractivity contribution in [3.8, 4) is 5.69 Å². The topological polar surface area (TPSA) is 161 Å². The first kappa shape index (κ1) is 19.4. The summed E-state index contributed by atoms with van der Waals surface area (Å²) in [6, 6.07) is 5.10. The molecule has 0 bridgehead atoms. The molecule has 26 heavy (non-hydrogen) atoms. The molecule has 1 heterocycles. The number of nitrogens with zero attached hydrogens (tertiary/aromatic N) is 4. The predicted molar refractivity (Wildman–Crippen MR) is 86.6 cm³/mol. The molecule has 11 heteroatoms. The van der Waals surface area contributed by atoms with Gasteiger partial charge in [0.05, 0.1) is 23.3 Å². The molecule has 0 saturated carbocycles. The van der Waals surface area contributed by atoms with Gasteiger partial charge in [0.2, 0.25) is 0 Å². The molecule has 0 aliphatic rings. The minimum atomic E-state index is -1.71. The Labute approximate surface area is 147 Å². The molecule has 0 unspecified atom stereocenters. The first-order valence-corrected chi connectivity index (χ1v) is 7.69. The van der Waals surface area contributed by atoms with Crippen molar-refractivity contribution < 1.29 is 29.8 Å². The predicted octanol–water partition coefficient (Wildman–Crippen LogP) is 0.127. The summed E-state index contributed by atoms with van der Waals surface area (Å²) in [4.78, 5) is 22.2. The molecule has 2 rings (SSSR count). The molecular weight excluding hydrogens is 348 g/mol. The van der Waals surface area contributed by atoms with Crippen LogP contribution in [0.15, 0.2) is 24.3 Å². The van der Waals surface area contributed by atoms with Gasteiger partial charge in [-0.3, -0.25) is 10.1 Å². The highest BCUT2D eigenvalue weighted by molar-refractivity contribution is 5.88. The van der Waals surface area contributed by atoms with Gasteiger partial charge in [-0.15, -0.1) is 5.10 Å². The highest BCUT2D eigenvalue weighted by Crippen LogP contribution is 2.26. The highest BCUT2D eigenvalue weighted by Gasteiger charge is 2.33. The van der Waals surface area contributed by atoms with Crippen LogP contribution < -0.4 is 0 Å². The number of esters is 1. The zero-order valence-electron chi connectivity index (χ0n) is 14.0. The maximum absolute atomic E-state index is 12.1. The fourth-order valence-electron chi connectivity index (χ4n) is 2.23. The van der Waals surface area contributed by atoms with Crippen molar-refractivity contribution >= 4 is 11.7 Å². The quantitative estimate of drug-likeness (QED) is 0.351. The monoisotopic (exact) mass is 366 g/mol. The van der Waals surface area contributed by atoms with Crippen molar-refractivity contribution in [3.63, 3.8) is 0 Å². The Balaban J connectivity index is 2.55. The number of carbonyl (C=O) groups excluding carboxylic acids is 1. The largest absolute Gasteiger partial charge is 0.461 e. The fraction of sp³-hybridized carbons (Fsp3) is 0.400. The second-order valence-electron chi connectivity index (χ2n) is 5.41. The van der Waals surface area contributed by atoms with E-state index in [4.69, 9.17) is 4.74 Å². The third-order valence-electron chi connectivity index (χ3n) is 3.58. The molecule has 0 saturated heterocycles. The van der Waals surface area contributed by atoms with Crippen LogP contribution in [0, 0.1) is 10.1 Å². The number of hydrogen-bond donors (Lipinski definition) is 3. The molecule has 0 amide bonds. The van der Waals surface area contributed by atoms with Crippen molar-refractivity contribution in [2.75, 3.05) is 6.61 Å². The zero-order chi connectivity index (χ0) is 19.4. The van der Waals surface area contributed by atoms with E-state index in [-0.39, 0.29) is 29.4 Å². The summed E-state index contributed by atoms with van der Waals surface area (Å²) in [7, 11) is 0. The molecular formula is C15H18N4O7. The molecule has 11 nitrogen and oxygen atoms in total. The van der Waals surface area contributed by atoms with Crippen molar-refractivity contribution in [2.45, 2.75) is 32.2 Å². The van der Waals surface area contributed by atoms with E-state index in [1.807, 2.05) is 0 Å². The summed E-state index contributed by atoms with van der Waals surface area (Å²) in [5, 5.41) is 48.1. The Bertz CT molecular complexity index is 788. The van der Waals surface area contributed by atoms with E-state index in [2.05, 4.69) is 10.3 Å². The number of nitro benzene ring substituents is 1. The molecule has 2 aromatic rings. The Hall–Kier alpha value is -2.89. The number of aromatic nitrogens is 3. The Morgan fingerprint density at radius 1 is 1.31 bits per heavy atom. The molecule has 0 aliphatic carbocycles. The Morgan fingerprint density at radius 3 is 2.42 bits per heavy atom. The van der Waals surface area contributed by atoms with E-state index in [0.717, 1.165) is 4.68 Å². The van der Waals surface area contributed by atoms with Crippen LogP contribution in [-0.4, -0.2) is 60.0 Å². The van der Waals surface area contributed by atoms with Gasteiger partial charge >= 0.3 is 5.97 Å². The van der Waals surface area contributed by atoms with Crippen LogP contribution in [0.4, 0.5) is 5.69 Å². The van der Waals surface area contributed by atoms with Crippen LogP contribution in [0.5, 0.6) is 0 Å². The SMILES string of the molecule is CCOC(=O)c1nnn(-c2ccc([N+](=O)[O-])cc2)c1[C@H](O)[C@@H](O)[C@H](C)O. The summed E-state index contributed by atoms with van der Waals surface area (Å²) >= 11 is 0. The number of hydrogen-bond acceptors (Lipinski definition) is 9. The van der Waals surface area contributed by atoms with Gasteiger partial charge in [0.1, 0.15) is 17.9 Å². The van der Waals surface area contributed by atoms with Crippen molar-refractivity contribution in [3.05, 3.63) is 45.8 Å². The summed E-state index contributed by atoms with van der Waals surface area (Å²) in [5.41, 5.74) is -0.445. The maximum atomic E-state index is 12.1. The number of aliphatic hydroxyl groups excluding tert-OH is 3. The third-order valence-corrected chi connectivity index (χ3v) is 3.58. The molecule has 1 aromatic heterocycles. The highest BCUT2D eigenvalue weighted by atomic mass is 16.6. The van der Waals surface area contributed by atoms with Gasteiger partial charge in [-0.2, -0.15) is 0 Å². The molecule has 3 atom stereocenters. The molecule has 1 aromatic carbocycles. The number of nitro groups is 1. The van der Waals surface area contributed by atoms with E-state index in [1.54, 1.807) is 6.92 Å². The van der Waals surface area contributed by atoms with Crippen LogP contribution in [0.25, 0.3) is 5.69 Å².